The molecule has 14 N–H and O–H groups in total. The fourth-order valence-corrected chi connectivity index (χ4v) is 4.35. The maximum absolute atomic E-state index is 13.2. The molecule has 2 rings (SSSR count). The Balaban J connectivity index is 2.08. The molecular formula is C27H43N9O6. The number of benzene rings is 1. The Kier molecular flexibility index (Phi) is 13.7. The van der Waals surface area contributed by atoms with Crippen molar-refractivity contribution in [1.82, 2.24) is 20.9 Å². The SMILES string of the molecule is CC(O)C(NC(=O)C(N)Cc1c[nH]c2ccccc12)C(=O)NC(CCCCN)C(=O)NC(CCCN=C(N)N)C(=O)O. The summed E-state index contributed by atoms with van der Waals surface area (Å²) in [5, 5.41) is 28.2. The molecular weight excluding hydrogens is 546 g/mol. The highest BCUT2D eigenvalue weighted by atomic mass is 16.4. The second kappa shape index (κ2) is 16.9. The molecule has 0 bridgehead atoms. The summed E-state index contributed by atoms with van der Waals surface area (Å²) in [6.45, 7) is 1.85. The molecule has 1 aromatic heterocycles. The minimum absolute atomic E-state index is 0.0436. The number of guanidine groups is 1. The van der Waals surface area contributed by atoms with Crippen LogP contribution in [0, 0.1) is 0 Å². The van der Waals surface area contributed by atoms with E-state index in [9.17, 15) is 29.4 Å². The number of para-hydroxylation sites is 1. The Bertz CT molecular complexity index is 1230. The average molecular weight is 590 g/mol. The summed E-state index contributed by atoms with van der Waals surface area (Å²) >= 11 is 0. The summed E-state index contributed by atoms with van der Waals surface area (Å²) in [4.78, 5) is 57.8. The molecule has 15 heteroatoms. The number of fused-ring (bicyclic) bond motifs is 1. The van der Waals surface area contributed by atoms with Crippen molar-refractivity contribution in [1.29, 1.82) is 0 Å². The molecule has 1 aromatic carbocycles. The highest BCUT2D eigenvalue weighted by Gasteiger charge is 2.32. The Morgan fingerprint density at radius 3 is 2.26 bits per heavy atom. The van der Waals surface area contributed by atoms with Crippen molar-refractivity contribution in [3.8, 4) is 0 Å². The number of hydrogen-bond donors (Lipinski definition) is 10. The van der Waals surface area contributed by atoms with E-state index >= 15 is 0 Å². The molecule has 0 aliphatic heterocycles. The number of aliphatic imine (C=N–C) groups is 1. The zero-order valence-electron chi connectivity index (χ0n) is 23.7. The molecule has 5 atom stereocenters. The number of aromatic amines is 1. The monoisotopic (exact) mass is 589 g/mol. The Hall–Kier alpha value is -4.21. The zero-order chi connectivity index (χ0) is 31.2. The number of amides is 3. The number of aliphatic carboxylic acids is 1. The lowest BCUT2D eigenvalue weighted by Gasteiger charge is -2.26. The van der Waals surface area contributed by atoms with Crippen LogP contribution in [0.3, 0.4) is 0 Å². The number of carboxylic acid groups (broad SMARTS) is 1. The second-order valence-corrected chi connectivity index (χ2v) is 10.1. The Morgan fingerprint density at radius 2 is 1.62 bits per heavy atom. The first-order valence-electron chi connectivity index (χ1n) is 13.8. The van der Waals surface area contributed by atoms with Crippen molar-refractivity contribution in [3.05, 3.63) is 36.0 Å². The van der Waals surface area contributed by atoms with Crippen molar-refractivity contribution in [2.24, 2.45) is 27.9 Å². The number of carbonyl (C=O) groups excluding carboxylic acids is 3. The number of aliphatic hydroxyl groups is 1. The predicted molar refractivity (Wildman–Crippen MR) is 158 cm³/mol. The summed E-state index contributed by atoms with van der Waals surface area (Å²) in [5.74, 6) is -3.63. The van der Waals surface area contributed by atoms with Crippen LogP contribution in [0.4, 0.5) is 0 Å². The molecule has 15 nitrogen and oxygen atoms in total. The first-order valence-corrected chi connectivity index (χ1v) is 13.8. The van der Waals surface area contributed by atoms with E-state index in [2.05, 4.69) is 25.9 Å². The van der Waals surface area contributed by atoms with Crippen molar-refractivity contribution in [2.75, 3.05) is 13.1 Å². The molecule has 1 heterocycles. The molecule has 0 radical (unpaired) electrons. The minimum Gasteiger partial charge on any atom is -0.480 e. The first kappa shape index (κ1) is 34.0. The average Bonchev–Trinajstić information content (AvgIpc) is 3.34. The summed E-state index contributed by atoms with van der Waals surface area (Å²) in [5.41, 5.74) is 24.0. The molecule has 0 saturated carbocycles. The number of unbranched alkanes of at least 4 members (excludes halogenated alkanes) is 1. The van der Waals surface area contributed by atoms with Gasteiger partial charge in [0.15, 0.2) is 5.96 Å². The van der Waals surface area contributed by atoms with Gasteiger partial charge in [0.25, 0.3) is 0 Å². The van der Waals surface area contributed by atoms with E-state index in [4.69, 9.17) is 22.9 Å². The topological polar surface area (TPSA) is 277 Å². The van der Waals surface area contributed by atoms with Gasteiger partial charge in [0.05, 0.1) is 12.1 Å². The summed E-state index contributed by atoms with van der Waals surface area (Å²) in [6.07, 6.45) is 2.09. The predicted octanol–water partition coefficient (Wildman–Crippen LogP) is -1.86. The summed E-state index contributed by atoms with van der Waals surface area (Å²) in [7, 11) is 0. The van der Waals surface area contributed by atoms with E-state index in [1.807, 2.05) is 24.3 Å². The number of nitrogens with zero attached hydrogens (tertiary/aromatic N) is 1. The molecule has 232 valence electrons. The van der Waals surface area contributed by atoms with Gasteiger partial charge >= 0.3 is 5.97 Å². The lowest BCUT2D eigenvalue weighted by Crippen LogP contribution is -2.60. The van der Waals surface area contributed by atoms with Gasteiger partial charge < -0.3 is 54.1 Å². The van der Waals surface area contributed by atoms with Crippen molar-refractivity contribution < 1.29 is 29.4 Å². The van der Waals surface area contributed by atoms with Crippen molar-refractivity contribution in [3.63, 3.8) is 0 Å². The molecule has 5 unspecified atom stereocenters. The lowest BCUT2D eigenvalue weighted by molar-refractivity contribution is -0.142. The van der Waals surface area contributed by atoms with Gasteiger partial charge in [-0.3, -0.25) is 19.4 Å². The van der Waals surface area contributed by atoms with Crippen LogP contribution in [0.5, 0.6) is 0 Å². The van der Waals surface area contributed by atoms with Crippen LogP contribution in [-0.2, 0) is 25.6 Å². The highest BCUT2D eigenvalue weighted by molar-refractivity contribution is 5.94. The summed E-state index contributed by atoms with van der Waals surface area (Å²) in [6, 6.07) is 2.67. The number of carbonyl (C=O) groups is 4. The largest absolute Gasteiger partial charge is 0.480 e. The van der Waals surface area contributed by atoms with Crippen LogP contribution in [0.2, 0.25) is 0 Å². The molecule has 0 spiro atoms. The number of carboxylic acids is 1. The van der Waals surface area contributed by atoms with Crippen LogP contribution in [0.1, 0.15) is 44.6 Å². The number of aromatic nitrogens is 1. The van der Waals surface area contributed by atoms with Gasteiger partial charge in [0.2, 0.25) is 17.7 Å². The highest BCUT2D eigenvalue weighted by Crippen LogP contribution is 2.19. The number of nitrogens with one attached hydrogen (secondary N) is 4. The van der Waals surface area contributed by atoms with Crippen LogP contribution < -0.4 is 38.9 Å². The number of nitrogens with two attached hydrogens (primary N) is 4. The van der Waals surface area contributed by atoms with Crippen LogP contribution in [0.25, 0.3) is 10.9 Å². The second-order valence-electron chi connectivity index (χ2n) is 10.1. The number of hydrogen-bond acceptors (Lipinski definition) is 8. The van der Waals surface area contributed by atoms with Crippen molar-refractivity contribution >= 4 is 40.6 Å². The third kappa shape index (κ3) is 10.6. The first-order chi connectivity index (χ1) is 19.9. The third-order valence-corrected chi connectivity index (χ3v) is 6.65. The Labute approximate surface area is 243 Å². The number of aliphatic hydroxyl groups excluding tert-OH is 1. The number of H-pyrrole nitrogens is 1. The van der Waals surface area contributed by atoms with Gasteiger partial charge in [-0.15, -0.1) is 0 Å². The smallest absolute Gasteiger partial charge is 0.326 e. The van der Waals surface area contributed by atoms with Crippen LogP contribution in [-0.4, -0.2) is 88.2 Å². The molecule has 3 amide bonds. The summed E-state index contributed by atoms with van der Waals surface area (Å²) < 4.78 is 0. The van der Waals surface area contributed by atoms with Gasteiger partial charge in [-0.05, 0) is 63.6 Å². The Morgan fingerprint density at radius 1 is 0.952 bits per heavy atom. The molecule has 0 aliphatic carbocycles. The van der Waals surface area contributed by atoms with Gasteiger partial charge in [-0.1, -0.05) is 18.2 Å². The van der Waals surface area contributed by atoms with Gasteiger partial charge in [-0.2, -0.15) is 0 Å². The normalized spacial score (nSPS) is 14.7. The molecule has 42 heavy (non-hydrogen) atoms. The van der Waals surface area contributed by atoms with Gasteiger partial charge in [-0.25, -0.2) is 4.79 Å². The van der Waals surface area contributed by atoms with E-state index in [-0.39, 0.29) is 38.2 Å². The van der Waals surface area contributed by atoms with E-state index in [1.54, 1.807) is 6.20 Å². The molecule has 0 fully saturated rings. The fourth-order valence-electron chi connectivity index (χ4n) is 4.35. The van der Waals surface area contributed by atoms with Gasteiger partial charge in [0, 0.05) is 23.6 Å². The van der Waals surface area contributed by atoms with E-state index in [1.165, 1.54) is 6.92 Å². The molecule has 0 aliphatic rings. The zero-order valence-corrected chi connectivity index (χ0v) is 23.7. The number of rotatable bonds is 18. The van der Waals surface area contributed by atoms with E-state index in [0.717, 1.165) is 16.5 Å². The van der Waals surface area contributed by atoms with Gasteiger partial charge in [0.1, 0.15) is 18.1 Å². The third-order valence-electron chi connectivity index (χ3n) is 6.65. The maximum Gasteiger partial charge on any atom is 0.326 e. The van der Waals surface area contributed by atoms with Crippen molar-refractivity contribution in [2.45, 2.75) is 75.7 Å². The fraction of sp³-hybridized carbons (Fsp3) is 0.519. The van der Waals surface area contributed by atoms with E-state index in [0.29, 0.717) is 19.4 Å². The quantitative estimate of drug-likeness (QED) is 0.0526. The van der Waals surface area contributed by atoms with Crippen LogP contribution in [0.15, 0.2) is 35.5 Å². The van der Waals surface area contributed by atoms with Crippen LogP contribution >= 0.6 is 0 Å². The molecule has 2 aromatic rings. The molecule has 0 saturated heterocycles. The lowest BCUT2D eigenvalue weighted by atomic mass is 10.0. The van der Waals surface area contributed by atoms with E-state index < -0.39 is 54.0 Å². The minimum atomic E-state index is -1.42. The standard InChI is InChI=1S/C27H43N9O6/c1-15(37)22(36-23(38)18(29)13-16-14-33-19-8-3-2-7-17(16)19)25(40)34-20(9-4-5-11-28)24(39)35-21(26(41)42)10-6-12-32-27(30)31/h2-3,7-8,14-15,18,20-22,33,37H,4-6,9-13,28-29H2,1H3,(H,34,40)(H,35,39)(H,36,38)(H,41,42)(H4,30,31,32). The maximum atomic E-state index is 13.2.